The van der Waals surface area contributed by atoms with Crippen molar-refractivity contribution in [2.24, 2.45) is 0 Å². The van der Waals surface area contributed by atoms with E-state index in [1.165, 1.54) is 12.1 Å². The summed E-state index contributed by atoms with van der Waals surface area (Å²) in [6.45, 7) is 2.29. The number of aryl methyl sites for hydroxylation is 1. The SMILES string of the molecule is Cc1nnc2ccc(N3C[C@@H](O)C[C@H]3c3cccc(F)c3)nn12. The Balaban J connectivity index is 1.76. The number of β-amino-alcohol motifs (C(OH)–C–C–N with tert-alkyl or cyclic N) is 1. The number of rotatable bonds is 2. The molecule has 4 rings (SSSR count). The zero-order valence-electron chi connectivity index (χ0n) is 12.6. The third kappa shape index (κ3) is 2.43. The molecule has 1 aromatic carbocycles. The van der Waals surface area contributed by atoms with Gasteiger partial charge in [-0.05, 0) is 43.2 Å². The molecule has 2 atom stereocenters. The van der Waals surface area contributed by atoms with E-state index in [9.17, 15) is 9.50 Å². The normalized spacial score (nSPS) is 21.3. The quantitative estimate of drug-likeness (QED) is 0.782. The van der Waals surface area contributed by atoms with Crippen molar-refractivity contribution < 1.29 is 9.50 Å². The predicted octanol–water partition coefficient (Wildman–Crippen LogP) is 1.88. The number of aliphatic hydroxyl groups excluding tert-OH is 1. The number of aromatic nitrogens is 4. The van der Waals surface area contributed by atoms with Crippen LogP contribution in [0.2, 0.25) is 0 Å². The van der Waals surface area contributed by atoms with Gasteiger partial charge < -0.3 is 10.0 Å². The van der Waals surface area contributed by atoms with Gasteiger partial charge >= 0.3 is 0 Å². The van der Waals surface area contributed by atoms with Gasteiger partial charge in [0, 0.05) is 6.54 Å². The highest BCUT2D eigenvalue weighted by Crippen LogP contribution is 2.35. The first-order valence-corrected chi connectivity index (χ1v) is 7.51. The summed E-state index contributed by atoms with van der Waals surface area (Å²) in [4.78, 5) is 2.00. The Morgan fingerprint density at radius 1 is 1.22 bits per heavy atom. The lowest BCUT2D eigenvalue weighted by atomic mass is 10.0. The number of anilines is 1. The van der Waals surface area contributed by atoms with Gasteiger partial charge in [0.15, 0.2) is 11.5 Å². The Labute approximate surface area is 132 Å². The van der Waals surface area contributed by atoms with Crippen LogP contribution >= 0.6 is 0 Å². The molecule has 2 aromatic heterocycles. The molecule has 0 bridgehead atoms. The number of hydrogen-bond acceptors (Lipinski definition) is 5. The molecule has 6 nitrogen and oxygen atoms in total. The molecule has 3 aromatic rings. The summed E-state index contributed by atoms with van der Waals surface area (Å²) in [6, 6.07) is 10.1. The molecule has 23 heavy (non-hydrogen) atoms. The van der Waals surface area contributed by atoms with Gasteiger partial charge in [-0.25, -0.2) is 4.39 Å². The first-order valence-electron chi connectivity index (χ1n) is 7.51. The lowest BCUT2D eigenvalue weighted by molar-refractivity contribution is 0.194. The van der Waals surface area contributed by atoms with Crippen molar-refractivity contribution >= 4 is 11.5 Å². The van der Waals surface area contributed by atoms with Crippen LogP contribution in [-0.4, -0.2) is 37.6 Å². The highest BCUT2D eigenvalue weighted by molar-refractivity contribution is 5.49. The number of benzene rings is 1. The molecule has 0 spiro atoms. The minimum absolute atomic E-state index is 0.109. The van der Waals surface area contributed by atoms with Crippen LogP contribution in [0.1, 0.15) is 23.9 Å². The molecule has 3 heterocycles. The minimum Gasteiger partial charge on any atom is -0.391 e. The highest BCUT2D eigenvalue weighted by Gasteiger charge is 2.33. The van der Waals surface area contributed by atoms with Gasteiger partial charge in [0.05, 0.1) is 12.1 Å². The van der Waals surface area contributed by atoms with Gasteiger partial charge in [0.25, 0.3) is 0 Å². The molecule has 0 aliphatic carbocycles. The van der Waals surface area contributed by atoms with Crippen LogP contribution in [0.25, 0.3) is 5.65 Å². The average Bonchev–Trinajstić information content (AvgIpc) is 3.11. The predicted molar refractivity (Wildman–Crippen MR) is 82.6 cm³/mol. The molecule has 1 saturated heterocycles. The van der Waals surface area contributed by atoms with Gasteiger partial charge in [-0.15, -0.1) is 15.3 Å². The molecule has 0 amide bonds. The van der Waals surface area contributed by atoms with Crippen LogP contribution in [0, 0.1) is 12.7 Å². The Morgan fingerprint density at radius 3 is 2.91 bits per heavy atom. The molecular weight excluding hydrogens is 297 g/mol. The van der Waals surface area contributed by atoms with Crippen molar-refractivity contribution in [3.8, 4) is 0 Å². The standard InChI is InChI=1S/C16H16FN5O/c1-10-18-19-15-5-6-16(20-22(10)15)21-9-13(23)8-14(21)11-3-2-4-12(17)7-11/h2-7,13-14,23H,8-9H2,1H3/t13-,14-/m0/s1. The molecule has 1 aliphatic rings. The van der Waals surface area contributed by atoms with E-state index in [0.29, 0.717) is 30.3 Å². The van der Waals surface area contributed by atoms with Gasteiger partial charge in [-0.2, -0.15) is 4.52 Å². The summed E-state index contributed by atoms with van der Waals surface area (Å²) in [5, 5.41) is 22.7. The molecular formula is C16H16FN5O. The van der Waals surface area contributed by atoms with Crippen molar-refractivity contribution in [3.05, 3.63) is 53.6 Å². The third-order valence-electron chi connectivity index (χ3n) is 4.21. The van der Waals surface area contributed by atoms with Gasteiger partial charge in [0.2, 0.25) is 0 Å². The van der Waals surface area contributed by atoms with Crippen molar-refractivity contribution in [2.75, 3.05) is 11.4 Å². The second kappa shape index (κ2) is 5.27. The zero-order valence-corrected chi connectivity index (χ0v) is 12.6. The topological polar surface area (TPSA) is 66.5 Å². The molecule has 1 N–H and O–H groups in total. The fraction of sp³-hybridized carbons (Fsp3) is 0.312. The first kappa shape index (κ1) is 14.1. The summed E-state index contributed by atoms with van der Waals surface area (Å²) in [5.74, 6) is 1.14. The van der Waals surface area contributed by atoms with E-state index in [-0.39, 0.29) is 11.9 Å². The Morgan fingerprint density at radius 2 is 2.09 bits per heavy atom. The third-order valence-corrected chi connectivity index (χ3v) is 4.21. The largest absolute Gasteiger partial charge is 0.391 e. The molecule has 1 aliphatic heterocycles. The average molecular weight is 313 g/mol. The highest BCUT2D eigenvalue weighted by atomic mass is 19.1. The first-order chi connectivity index (χ1) is 11.1. The maximum absolute atomic E-state index is 13.5. The van der Waals surface area contributed by atoms with Crippen LogP contribution in [0.15, 0.2) is 36.4 Å². The van der Waals surface area contributed by atoms with Crippen molar-refractivity contribution in [3.63, 3.8) is 0 Å². The van der Waals surface area contributed by atoms with Crippen LogP contribution in [-0.2, 0) is 0 Å². The Hall–Kier alpha value is -2.54. The van der Waals surface area contributed by atoms with Crippen LogP contribution in [0.4, 0.5) is 10.2 Å². The van der Waals surface area contributed by atoms with Crippen LogP contribution in [0.5, 0.6) is 0 Å². The fourth-order valence-corrected chi connectivity index (χ4v) is 3.14. The summed E-state index contributed by atoms with van der Waals surface area (Å²) in [6.07, 6.45) is 0.0763. The van der Waals surface area contributed by atoms with Crippen LogP contribution < -0.4 is 4.90 Å². The van der Waals surface area contributed by atoms with E-state index in [4.69, 9.17) is 0 Å². The summed E-state index contributed by atoms with van der Waals surface area (Å²) < 4.78 is 15.2. The maximum Gasteiger partial charge on any atom is 0.178 e. The monoisotopic (exact) mass is 313 g/mol. The van der Waals surface area contributed by atoms with E-state index in [0.717, 1.165) is 5.56 Å². The van der Waals surface area contributed by atoms with Gasteiger partial charge in [0.1, 0.15) is 11.6 Å². The van der Waals surface area contributed by atoms with Crippen molar-refractivity contribution in [1.29, 1.82) is 0 Å². The smallest absolute Gasteiger partial charge is 0.178 e. The summed E-state index contributed by atoms with van der Waals surface area (Å²) >= 11 is 0. The Bertz CT molecular complexity index is 865. The molecule has 0 radical (unpaired) electrons. The molecule has 7 heteroatoms. The number of fused-ring (bicyclic) bond motifs is 1. The Kier molecular flexibility index (Phi) is 3.23. The molecule has 1 fully saturated rings. The van der Waals surface area contributed by atoms with Gasteiger partial charge in [-0.3, -0.25) is 0 Å². The van der Waals surface area contributed by atoms with E-state index in [2.05, 4.69) is 15.3 Å². The van der Waals surface area contributed by atoms with E-state index < -0.39 is 6.10 Å². The zero-order chi connectivity index (χ0) is 16.0. The van der Waals surface area contributed by atoms with Gasteiger partial charge in [-0.1, -0.05) is 12.1 Å². The number of halogens is 1. The summed E-state index contributed by atoms with van der Waals surface area (Å²) in [5.41, 5.74) is 1.51. The number of aliphatic hydroxyl groups is 1. The second-order valence-corrected chi connectivity index (χ2v) is 5.82. The molecule has 118 valence electrons. The van der Waals surface area contributed by atoms with Crippen molar-refractivity contribution in [1.82, 2.24) is 19.8 Å². The van der Waals surface area contributed by atoms with Crippen LogP contribution in [0.3, 0.4) is 0 Å². The number of nitrogens with zero attached hydrogens (tertiary/aromatic N) is 5. The van der Waals surface area contributed by atoms with Crippen molar-refractivity contribution in [2.45, 2.75) is 25.5 Å². The van der Waals surface area contributed by atoms with E-state index in [1.54, 1.807) is 10.6 Å². The number of hydrogen-bond donors (Lipinski definition) is 1. The van der Waals surface area contributed by atoms with E-state index in [1.807, 2.05) is 30.0 Å². The second-order valence-electron chi connectivity index (χ2n) is 5.82. The minimum atomic E-state index is -0.470. The summed E-state index contributed by atoms with van der Waals surface area (Å²) in [7, 11) is 0. The van der Waals surface area contributed by atoms with E-state index >= 15 is 0 Å². The lowest BCUT2D eigenvalue weighted by Gasteiger charge is -2.25. The molecule has 0 unspecified atom stereocenters. The lowest BCUT2D eigenvalue weighted by Crippen LogP contribution is -2.26. The molecule has 0 saturated carbocycles. The fourth-order valence-electron chi connectivity index (χ4n) is 3.14. The maximum atomic E-state index is 13.5.